The average molecular weight is 2020 g/mol. The van der Waals surface area contributed by atoms with Crippen molar-refractivity contribution in [3.63, 3.8) is 0 Å². The number of hydrogen-bond donors (Lipinski definition) is 4. The van der Waals surface area contributed by atoms with Crippen LogP contribution >= 0.6 is 0 Å². The van der Waals surface area contributed by atoms with E-state index in [-0.39, 0.29) is 46.6 Å². The van der Waals surface area contributed by atoms with E-state index in [4.69, 9.17) is 56.8 Å². The second-order valence-electron chi connectivity index (χ2n) is 36.7. The molecule has 12 aromatic rings. The molecule has 140 heavy (non-hydrogen) atoms. The van der Waals surface area contributed by atoms with Crippen molar-refractivity contribution < 1.29 is 111 Å². The summed E-state index contributed by atoms with van der Waals surface area (Å²) in [5.41, 5.74) is 0.868. The lowest BCUT2D eigenvalue weighted by Crippen LogP contribution is -2.41. The van der Waals surface area contributed by atoms with Crippen LogP contribution < -0.4 is 56.8 Å². The molecule has 0 saturated carbocycles. The Morgan fingerprint density at radius 1 is 0.243 bits per heavy atom. The predicted octanol–water partition coefficient (Wildman–Crippen LogP) is 12.3. The molecule has 0 spiro atoms. The van der Waals surface area contributed by atoms with Crippen LogP contribution in [-0.2, 0) is 62.4 Å². The number of rotatable bonds is 36. The summed E-state index contributed by atoms with van der Waals surface area (Å²) in [6.45, 7) is 27.5. The van der Waals surface area contributed by atoms with Gasteiger partial charge >= 0.3 is 0 Å². The minimum absolute atomic E-state index is 0.125. The van der Waals surface area contributed by atoms with Gasteiger partial charge in [0.15, 0.2) is 85.9 Å². The fraction of sp³-hybridized carbons (Fsp3) is 0.458. The van der Waals surface area contributed by atoms with Gasteiger partial charge in [-0.1, -0.05) is 132 Å². The van der Waals surface area contributed by atoms with Crippen molar-refractivity contribution in [2.24, 2.45) is 21.7 Å². The third-order valence-electron chi connectivity index (χ3n) is 23.0. The van der Waals surface area contributed by atoms with Crippen LogP contribution in [0.4, 0.5) is 0 Å². The van der Waals surface area contributed by atoms with Gasteiger partial charge in [-0.3, -0.25) is 18.3 Å². The van der Waals surface area contributed by atoms with Gasteiger partial charge in [-0.15, -0.1) is 40.8 Å². The third-order valence-corrected chi connectivity index (χ3v) is 31.2. The molecule has 4 N–H and O–H groups in total. The lowest BCUT2D eigenvalue weighted by Gasteiger charge is -2.30. The molecule has 0 amide bonds. The molecule has 8 atom stereocenters. The van der Waals surface area contributed by atoms with E-state index in [2.05, 4.69) is 60.7 Å². The van der Waals surface area contributed by atoms with Gasteiger partial charge in [0.05, 0.1) is 131 Å². The molecule has 0 aliphatic carbocycles. The highest BCUT2D eigenvalue weighted by Gasteiger charge is 2.43. The summed E-state index contributed by atoms with van der Waals surface area (Å²) in [6, 6.07) is 41.5. The second kappa shape index (κ2) is 46.1. The number of aliphatic hydroxyl groups is 4. The van der Waals surface area contributed by atoms with Crippen molar-refractivity contribution in [1.82, 2.24) is 79.0 Å². The van der Waals surface area contributed by atoms with Crippen LogP contribution in [0.3, 0.4) is 0 Å². The molecule has 12 rings (SSSR count). The Bertz CT molecular complexity index is 5840. The Balaban J connectivity index is 0.000000209. The van der Waals surface area contributed by atoms with Gasteiger partial charge in [0.2, 0.25) is 23.5 Å². The molecule has 4 aromatic carbocycles. The fourth-order valence-corrected chi connectivity index (χ4v) is 21.4. The number of pyridine rings is 4. The summed E-state index contributed by atoms with van der Waals surface area (Å²) < 4.78 is 179. The van der Waals surface area contributed by atoms with E-state index in [0.717, 1.165) is 0 Å². The number of ether oxygens (including phenoxy) is 12. The van der Waals surface area contributed by atoms with Crippen molar-refractivity contribution in [2.75, 3.05) is 85.3 Å². The zero-order chi connectivity index (χ0) is 104. The average Bonchev–Trinajstić information content (AvgIpc) is 1.56. The molecular weight excluding hydrogens is 1890 g/mol. The Morgan fingerprint density at radius 2 is 0.393 bits per heavy atom. The van der Waals surface area contributed by atoms with E-state index in [9.17, 15) is 54.1 Å². The van der Waals surface area contributed by atoms with Gasteiger partial charge < -0.3 is 77.3 Å². The maximum atomic E-state index is 13.4. The molecule has 40 nitrogen and oxygen atoms in total. The number of hydrogen-bond acceptors (Lipinski definition) is 36. The third kappa shape index (κ3) is 25.5. The Hall–Kier alpha value is -12.7. The molecule has 0 aliphatic rings. The molecular formula is C96H128N16O24S4. The predicted molar refractivity (Wildman–Crippen MR) is 527 cm³/mol. The zero-order valence-electron chi connectivity index (χ0n) is 84.0. The highest BCUT2D eigenvalue weighted by atomic mass is 32.2. The van der Waals surface area contributed by atoms with E-state index in [1.54, 1.807) is 247 Å². The first-order valence-corrected chi connectivity index (χ1v) is 50.9. The number of para-hydroxylation sites is 4. The molecule has 0 bridgehead atoms. The largest absolute Gasteiger partial charge is 0.494 e. The quantitative estimate of drug-likeness (QED) is 0.0283. The van der Waals surface area contributed by atoms with Crippen LogP contribution in [0.1, 0.15) is 134 Å². The highest BCUT2D eigenvalue weighted by Crippen LogP contribution is 2.44. The molecule has 760 valence electrons. The number of methoxy groups -OCH3 is 12. The van der Waals surface area contributed by atoms with Crippen molar-refractivity contribution >= 4 is 39.3 Å². The van der Waals surface area contributed by atoms with Gasteiger partial charge in [-0.2, -0.15) is 0 Å². The number of benzene rings is 4. The number of sulfone groups is 4. The van der Waals surface area contributed by atoms with Crippen molar-refractivity contribution in [3.8, 4) is 138 Å². The van der Waals surface area contributed by atoms with Gasteiger partial charge in [-0.05, 0) is 122 Å². The van der Waals surface area contributed by atoms with E-state index >= 15 is 0 Å². The molecule has 0 fully saturated rings. The maximum Gasteiger partial charge on any atom is 0.213 e. The first-order valence-electron chi connectivity index (χ1n) is 44.0. The highest BCUT2D eigenvalue weighted by molar-refractivity contribution is 7.92. The summed E-state index contributed by atoms with van der Waals surface area (Å²) in [4.78, 5) is 17.8. The number of aliphatic hydroxyl groups excluding tert-OH is 4. The Labute approximate surface area is 817 Å². The number of nitrogens with zero attached hydrogens (tertiary/aromatic N) is 16. The molecule has 0 aliphatic heterocycles. The van der Waals surface area contributed by atoms with Crippen molar-refractivity contribution in [2.45, 2.75) is 179 Å². The van der Waals surface area contributed by atoms with E-state index in [1.165, 1.54) is 113 Å². The van der Waals surface area contributed by atoms with Crippen LogP contribution in [0.15, 0.2) is 146 Å². The van der Waals surface area contributed by atoms with Crippen LogP contribution in [-0.4, -0.2) is 264 Å². The lowest BCUT2D eigenvalue weighted by atomic mass is 9.87. The molecule has 44 heteroatoms. The molecule has 8 aromatic heterocycles. The summed E-state index contributed by atoms with van der Waals surface area (Å²) in [6.07, 6.45) is -4.32. The zero-order valence-corrected chi connectivity index (χ0v) is 87.3. The van der Waals surface area contributed by atoms with Gasteiger partial charge in [0.1, 0.15) is 115 Å². The normalized spacial score (nSPS) is 13.8. The smallest absolute Gasteiger partial charge is 0.213 e. The van der Waals surface area contributed by atoms with Crippen molar-refractivity contribution in [3.05, 3.63) is 169 Å². The summed E-state index contributed by atoms with van der Waals surface area (Å²) in [5, 5.41) is 72.6. The summed E-state index contributed by atoms with van der Waals surface area (Å²) >= 11 is 0. The van der Waals surface area contributed by atoms with Gasteiger partial charge in [0.25, 0.3) is 0 Å². The molecule has 0 radical (unpaired) electrons. The Morgan fingerprint density at radius 3 is 0.529 bits per heavy atom. The minimum atomic E-state index is -3.85. The van der Waals surface area contributed by atoms with Crippen LogP contribution in [0.2, 0.25) is 0 Å². The maximum absolute atomic E-state index is 13.4. The molecule has 8 heterocycles. The topological polar surface area (TPSA) is 503 Å². The van der Waals surface area contributed by atoms with E-state index in [0.29, 0.717) is 115 Å². The minimum Gasteiger partial charge on any atom is -0.494 e. The fourth-order valence-electron chi connectivity index (χ4n) is 14.9. The van der Waals surface area contributed by atoms with Crippen molar-refractivity contribution in [1.29, 1.82) is 0 Å². The van der Waals surface area contributed by atoms with Crippen LogP contribution in [0, 0.1) is 21.7 Å². The lowest BCUT2D eigenvalue weighted by molar-refractivity contribution is 0.0625. The van der Waals surface area contributed by atoms with Crippen LogP contribution in [0.5, 0.6) is 69.5 Å². The van der Waals surface area contributed by atoms with E-state index in [1.807, 2.05) is 0 Å². The monoisotopic (exact) mass is 2020 g/mol. The van der Waals surface area contributed by atoms with Crippen LogP contribution in [0.25, 0.3) is 68.8 Å². The van der Waals surface area contributed by atoms with Gasteiger partial charge in [0, 0.05) is 24.3 Å². The molecule has 0 saturated heterocycles. The first-order chi connectivity index (χ1) is 65.8. The SMILES string of the molecule is COc1cccc(-c2nnc(CS(=O)(=O)[C@@H](C)[C@@H](O)C(C)(C)C)n2-c2c(OC)cccc2OC)n1.COc1cccc(-c2nnc(CS(=O)(=O)[C@@H](C)[C@H](O)C(C)(C)C)n2-c2c(OC)cccc2OC)n1.COc1cccc(-c2nnc(CS(=O)(=O)[C@H](C)[C@@H](O)C(C)(C)C)n2-c2c(OC)cccc2OC)n1.COc1cccc(-c2nnc(CS(=O)(=O)[C@H](C)[C@H](O)C(C)(C)C)n2-c2c(OC)cccc2OC)n1. The van der Waals surface area contributed by atoms with E-state index < -0.39 is 129 Å². The summed E-state index contributed by atoms with van der Waals surface area (Å²) in [5.74, 6) is 4.58. The molecule has 0 unspecified atom stereocenters. The number of aromatic nitrogens is 16. The summed E-state index contributed by atoms with van der Waals surface area (Å²) in [7, 11) is 2.65. The van der Waals surface area contributed by atoms with Gasteiger partial charge in [-0.25, -0.2) is 53.6 Å². The standard InChI is InChI=1S/4C24H32N4O6S/c4*1-15(22(29)24(2,3)4)35(30,31)14-19-26-27-23(16-10-8-13-20(25-16)34-7)28(19)21-17(32-5)11-9-12-18(21)33-6/h4*8-13,15,22,29H,14H2,1-7H3/t2*15-,22+;2*15-,22-/m1010/s1. The Kier molecular flexibility index (Phi) is 36.5. The first kappa shape index (κ1) is 111. The second-order valence-corrected chi connectivity index (χ2v) is 46.1.